The molecule has 0 radical (unpaired) electrons. The SMILES string of the molecule is O=C(Cc1cscn1)N(c1ccc(F)cc1)C1CCC1. The molecule has 1 aliphatic carbocycles. The number of hydrogen-bond acceptors (Lipinski definition) is 3. The third-order valence-corrected chi connectivity index (χ3v) is 4.26. The lowest BCUT2D eigenvalue weighted by atomic mass is 9.90. The minimum atomic E-state index is -0.283. The van der Waals surface area contributed by atoms with Crippen molar-refractivity contribution in [2.75, 3.05) is 4.90 Å². The molecule has 1 saturated carbocycles. The van der Waals surface area contributed by atoms with Gasteiger partial charge >= 0.3 is 0 Å². The molecule has 0 saturated heterocycles. The Labute approximate surface area is 121 Å². The minimum absolute atomic E-state index is 0.0345. The predicted octanol–water partition coefficient (Wildman–Crippen LogP) is 3.41. The summed E-state index contributed by atoms with van der Waals surface area (Å²) in [6.07, 6.45) is 3.48. The summed E-state index contributed by atoms with van der Waals surface area (Å²) >= 11 is 1.49. The second kappa shape index (κ2) is 5.71. The smallest absolute Gasteiger partial charge is 0.233 e. The van der Waals surface area contributed by atoms with E-state index in [9.17, 15) is 9.18 Å². The molecule has 104 valence electrons. The van der Waals surface area contributed by atoms with Crippen molar-refractivity contribution in [1.82, 2.24) is 4.98 Å². The molecule has 1 aromatic carbocycles. The van der Waals surface area contributed by atoms with E-state index in [1.165, 1.54) is 23.5 Å². The van der Waals surface area contributed by atoms with Crippen molar-refractivity contribution in [2.45, 2.75) is 31.7 Å². The van der Waals surface area contributed by atoms with Gasteiger partial charge in [0.2, 0.25) is 5.91 Å². The molecule has 0 spiro atoms. The Morgan fingerprint density at radius 3 is 2.65 bits per heavy atom. The Hall–Kier alpha value is -1.75. The van der Waals surface area contributed by atoms with Crippen molar-refractivity contribution in [3.05, 3.63) is 46.7 Å². The van der Waals surface area contributed by atoms with E-state index in [0.29, 0.717) is 6.42 Å². The van der Waals surface area contributed by atoms with Gasteiger partial charge in [0.05, 0.1) is 17.6 Å². The molecule has 1 heterocycles. The van der Waals surface area contributed by atoms with Gasteiger partial charge in [-0.05, 0) is 43.5 Å². The van der Waals surface area contributed by atoms with Crippen LogP contribution in [0.15, 0.2) is 35.2 Å². The summed E-state index contributed by atoms with van der Waals surface area (Å²) in [6, 6.07) is 6.39. The van der Waals surface area contributed by atoms with Gasteiger partial charge in [0.15, 0.2) is 0 Å². The van der Waals surface area contributed by atoms with Gasteiger partial charge in [-0.1, -0.05) is 0 Å². The van der Waals surface area contributed by atoms with Gasteiger partial charge in [0, 0.05) is 17.1 Å². The van der Waals surface area contributed by atoms with Crippen LogP contribution >= 0.6 is 11.3 Å². The number of halogens is 1. The number of anilines is 1. The number of thiazole rings is 1. The van der Waals surface area contributed by atoms with Gasteiger partial charge in [-0.25, -0.2) is 9.37 Å². The normalized spacial score (nSPS) is 14.8. The van der Waals surface area contributed by atoms with E-state index in [1.807, 2.05) is 10.3 Å². The zero-order chi connectivity index (χ0) is 13.9. The number of carbonyl (C=O) groups is 1. The number of amides is 1. The number of aromatic nitrogens is 1. The fraction of sp³-hybridized carbons (Fsp3) is 0.333. The molecule has 20 heavy (non-hydrogen) atoms. The van der Waals surface area contributed by atoms with Crippen LogP contribution in [0, 0.1) is 5.82 Å². The summed E-state index contributed by atoms with van der Waals surface area (Å²) < 4.78 is 13.0. The van der Waals surface area contributed by atoms with Gasteiger partial charge in [-0.2, -0.15) is 0 Å². The number of carbonyl (C=O) groups excluding carboxylic acids is 1. The highest BCUT2D eigenvalue weighted by molar-refractivity contribution is 7.07. The Balaban J connectivity index is 1.82. The van der Waals surface area contributed by atoms with E-state index >= 15 is 0 Å². The summed E-state index contributed by atoms with van der Waals surface area (Å²) in [4.78, 5) is 18.5. The van der Waals surface area contributed by atoms with Crippen LogP contribution in [0.5, 0.6) is 0 Å². The highest BCUT2D eigenvalue weighted by Gasteiger charge is 2.30. The maximum absolute atomic E-state index is 13.0. The number of hydrogen-bond donors (Lipinski definition) is 0. The van der Waals surface area contributed by atoms with Crippen LogP contribution in [0.25, 0.3) is 0 Å². The molecule has 0 bridgehead atoms. The monoisotopic (exact) mass is 290 g/mol. The number of rotatable bonds is 4. The number of benzene rings is 1. The van der Waals surface area contributed by atoms with Crippen molar-refractivity contribution in [2.24, 2.45) is 0 Å². The lowest BCUT2D eigenvalue weighted by molar-refractivity contribution is -0.118. The van der Waals surface area contributed by atoms with Gasteiger partial charge in [-0.3, -0.25) is 4.79 Å². The summed E-state index contributed by atoms with van der Waals surface area (Å²) in [5.74, 6) is -0.249. The maximum atomic E-state index is 13.0. The third-order valence-electron chi connectivity index (χ3n) is 3.63. The van der Waals surface area contributed by atoms with Crippen LogP contribution in [0.3, 0.4) is 0 Å². The van der Waals surface area contributed by atoms with E-state index in [-0.39, 0.29) is 17.8 Å². The van der Waals surface area contributed by atoms with Crippen molar-refractivity contribution in [3.8, 4) is 0 Å². The first-order valence-electron chi connectivity index (χ1n) is 6.69. The standard InChI is InChI=1S/C15H15FN2OS/c16-11-4-6-14(7-5-11)18(13-2-1-3-13)15(19)8-12-9-20-10-17-12/h4-7,9-10,13H,1-3,8H2. The molecule has 5 heteroatoms. The molecule has 1 aliphatic rings. The Morgan fingerprint density at radius 1 is 1.35 bits per heavy atom. The van der Waals surface area contributed by atoms with E-state index in [0.717, 1.165) is 30.6 Å². The third kappa shape index (κ3) is 2.72. The van der Waals surface area contributed by atoms with Gasteiger partial charge in [0.25, 0.3) is 0 Å². The van der Waals surface area contributed by atoms with Crippen LogP contribution in [0.4, 0.5) is 10.1 Å². The van der Waals surface area contributed by atoms with Crippen molar-refractivity contribution >= 4 is 22.9 Å². The second-order valence-electron chi connectivity index (χ2n) is 4.98. The highest BCUT2D eigenvalue weighted by Crippen LogP contribution is 2.30. The molecule has 0 N–H and O–H groups in total. The minimum Gasteiger partial charge on any atom is -0.309 e. The summed E-state index contributed by atoms with van der Waals surface area (Å²) in [5, 5.41) is 1.89. The van der Waals surface area contributed by atoms with Crippen LogP contribution in [0.2, 0.25) is 0 Å². The zero-order valence-electron chi connectivity index (χ0n) is 11.0. The predicted molar refractivity (Wildman–Crippen MR) is 77.3 cm³/mol. The lowest BCUT2D eigenvalue weighted by Gasteiger charge is -2.37. The molecule has 3 rings (SSSR count). The van der Waals surface area contributed by atoms with E-state index in [2.05, 4.69) is 4.98 Å². The first kappa shape index (κ1) is 13.2. The van der Waals surface area contributed by atoms with Crippen LogP contribution in [-0.4, -0.2) is 16.9 Å². The molecular formula is C15H15FN2OS. The van der Waals surface area contributed by atoms with Crippen molar-refractivity contribution in [3.63, 3.8) is 0 Å². The highest BCUT2D eigenvalue weighted by atomic mass is 32.1. The van der Waals surface area contributed by atoms with Crippen molar-refractivity contribution < 1.29 is 9.18 Å². The zero-order valence-corrected chi connectivity index (χ0v) is 11.8. The van der Waals surface area contributed by atoms with Crippen molar-refractivity contribution in [1.29, 1.82) is 0 Å². The van der Waals surface area contributed by atoms with E-state index < -0.39 is 0 Å². The molecule has 1 amide bonds. The number of nitrogens with zero attached hydrogens (tertiary/aromatic N) is 2. The molecule has 0 atom stereocenters. The van der Waals surface area contributed by atoms with Gasteiger partial charge in [-0.15, -0.1) is 11.3 Å². The summed E-state index contributed by atoms with van der Waals surface area (Å²) in [6.45, 7) is 0. The summed E-state index contributed by atoms with van der Waals surface area (Å²) in [7, 11) is 0. The first-order chi connectivity index (χ1) is 9.74. The molecule has 1 aromatic heterocycles. The topological polar surface area (TPSA) is 33.2 Å². The van der Waals surface area contributed by atoms with E-state index in [1.54, 1.807) is 17.6 Å². The van der Waals surface area contributed by atoms with Gasteiger partial charge in [0.1, 0.15) is 5.82 Å². The largest absolute Gasteiger partial charge is 0.309 e. The van der Waals surface area contributed by atoms with Crippen LogP contribution in [-0.2, 0) is 11.2 Å². The molecule has 2 aromatic rings. The lowest BCUT2D eigenvalue weighted by Crippen LogP contribution is -2.45. The quantitative estimate of drug-likeness (QED) is 0.864. The molecule has 3 nitrogen and oxygen atoms in total. The fourth-order valence-corrected chi connectivity index (χ4v) is 2.93. The molecule has 0 aliphatic heterocycles. The summed E-state index contributed by atoms with van der Waals surface area (Å²) in [5.41, 5.74) is 3.30. The average Bonchev–Trinajstić information content (AvgIpc) is 2.87. The van der Waals surface area contributed by atoms with E-state index in [4.69, 9.17) is 0 Å². The Bertz CT molecular complexity index is 578. The molecular weight excluding hydrogens is 275 g/mol. The average molecular weight is 290 g/mol. The maximum Gasteiger partial charge on any atom is 0.233 e. The first-order valence-corrected chi connectivity index (χ1v) is 7.63. The van der Waals surface area contributed by atoms with Gasteiger partial charge < -0.3 is 4.90 Å². The second-order valence-corrected chi connectivity index (χ2v) is 5.70. The molecule has 0 unspecified atom stereocenters. The Morgan fingerprint density at radius 2 is 2.10 bits per heavy atom. The van der Waals surface area contributed by atoms with Crippen LogP contribution in [0.1, 0.15) is 25.0 Å². The Kier molecular flexibility index (Phi) is 3.78. The fourth-order valence-electron chi connectivity index (χ4n) is 2.37. The molecule has 1 fully saturated rings. The van der Waals surface area contributed by atoms with Crippen LogP contribution < -0.4 is 4.90 Å².